The van der Waals surface area contributed by atoms with Crippen LogP contribution in [0.3, 0.4) is 0 Å². The third-order valence-electron chi connectivity index (χ3n) is 9.86. The van der Waals surface area contributed by atoms with Crippen LogP contribution in [-0.2, 0) is 0 Å². The fraction of sp³-hybridized carbons (Fsp3) is 0. The molecule has 0 radical (unpaired) electrons. The molecule has 11 rings (SSSR count). The van der Waals surface area contributed by atoms with Crippen LogP contribution >= 0.6 is 22.7 Å². The molecule has 0 bridgehead atoms. The summed E-state index contributed by atoms with van der Waals surface area (Å²) in [6.07, 6.45) is 0. The number of nitrogens with zero attached hydrogens (tertiary/aromatic N) is 4. The van der Waals surface area contributed by atoms with Gasteiger partial charge in [0.25, 0.3) is 0 Å². The third-order valence-corrected chi connectivity index (χ3v) is 12.5. The van der Waals surface area contributed by atoms with Crippen molar-refractivity contribution < 1.29 is 0 Å². The zero-order valence-electron chi connectivity index (χ0n) is 27.1. The molecule has 51 heavy (non-hydrogen) atoms. The van der Waals surface area contributed by atoms with E-state index in [1.54, 1.807) is 0 Å². The summed E-state index contributed by atoms with van der Waals surface area (Å²) in [5.41, 5.74) is 6.59. The maximum atomic E-state index is 5.01. The first-order valence-corrected chi connectivity index (χ1v) is 18.6. The van der Waals surface area contributed by atoms with Crippen LogP contribution in [0.5, 0.6) is 0 Å². The maximum absolute atomic E-state index is 5.01. The van der Waals surface area contributed by atoms with E-state index in [4.69, 9.17) is 15.0 Å². The second kappa shape index (κ2) is 11.2. The van der Waals surface area contributed by atoms with E-state index >= 15 is 0 Å². The topological polar surface area (TPSA) is 43.6 Å². The van der Waals surface area contributed by atoms with Crippen molar-refractivity contribution in [2.75, 3.05) is 0 Å². The molecule has 0 saturated carbocycles. The molecule has 0 unspecified atom stereocenters. The van der Waals surface area contributed by atoms with Crippen LogP contribution in [0.25, 0.3) is 102 Å². The number of hydrogen-bond donors (Lipinski definition) is 0. The molecule has 0 saturated heterocycles. The van der Waals surface area contributed by atoms with Gasteiger partial charge in [-0.3, -0.25) is 0 Å². The monoisotopic (exact) mass is 686 g/mol. The van der Waals surface area contributed by atoms with Gasteiger partial charge in [-0.15, -0.1) is 22.7 Å². The lowest BCUT2D eigenvalue weighted by Crippen LogP contribution is -2.00. The number of fused-ring (bicyclic) bond motifs is 10. The highest BCUT2D eigenvalue weighted by atomic mass is 32.1. The fourth-order valence-electron chi connectivity index (χ4n) is 7.51. The first-order valence-electron chi connectivity index (χ1n) is 16.9. The van der Waals surface area contributed by atoms with Crippen molar-refractivity contribution in [1.29, 1.82) is 0 Å². The van der Waals surface area contributed by atoms with Crippen molar-refractivity contribution in [2.24, 2.45) is 0 Å². The molecule has 0 N–H and O–H groups in total. The summed E-state index contributed by atoms with van der Waals surface area (Å²) in [5.74, 6) is 2.00. The van der Waals surface area contributed by atoms with E-state index in [0.717, 1.165) is 16.7 Å². The van der Waals surface area contributed by atoms with Crippen molar-refractivity contribution in [3.05, 3.63) is 158 Å². The Morgan fingerprint density at radius 1 is 0.353 bits per heavy atom. The second-order valence-electron chi connectivity index (χ2n) is 12.8. The van der Waals surface area contributed by atoms with Gasteiger partial charge in [-0.2, -0.15) is 0 Å². The number of benzene rings is 7. The maximum Gasteiger partial charge on any atom is 0.164 e. The van der Waals surface area contributed by atoms with E-state index in [2.05, 4.69) is 102 Å². The molecule has 4 heterocycles. The van der Waals surface area contributed by atoms with Crippen LogP contribution < -0.4 is 0 Å². The minimum absolute atomic E-state index is 0.667. The van der Waals surface area contributed by atoms with Crippen LogP contribution in [-0.4, -0.2) is 19.5 Å². The lowest BCUT2D eigenvalue weighted by atomic mass is 10.1. The van der Waals surface area contributed by atoms with E-state index in [1.165, 1.54) is 67.8 Å². The summed E-state index contributed by atoms with van der Waals surface area (Å²) >= 11 is 3.77. The zero-order chi connectivity index (χ0) is 33.5. The smallest absolute Gasteiger partial charge is 0.164 e. The van der Waals surface area contributed by atoms with Gasteiger partial charge in [-0.1, -0.05) is 121 Å². The normalized spacial score (nSPS) is 11.9. The van der Waals surface area contributed by atoms with Gasteiger partial charge in [-0.05, 0) is 36.4 Å². The van der Waals surface area contributed by atoms with Crippen LogP contribution in [0, 0.1) is 0 Å². The minimum atomic E-state index is 0.667. The SMILES string of the molecule is c1ccc(-c2nc(-c3ccccc3)nc(-c3ccc4sc5c(ccc6c7cccc(-n8c9ccccc9c9ccccc98)c7sc65)c4c3)n2)cc1. The summed E-state index contributed by atoms with van der Waals surface area (Å²) in [6, 6.07) is 55.8. The molecule has 0 aliphatic heterocycles. The number of rotatable bonds is 4. The first-order chi connectivity index (χ1) is 25.3. The van der Waals surface area contributed by atoms with Crippen molar-refractivity contribution >= 4 is 84.8 Å². The van der Waals surface area contributed by atoms with Crippen molar-refractivity contribution in [3.8, 4) is 39.9 Å². The Labute approximate surface area is 300 Å². The molecule has 0 aliphatic rings. The molecular weight excluding hydrogens is 661 g/mol. The minimum Gasteiger partial charge on any atom is -0.308 e. The highest BCUT2D eigenvalue weighted by Gasteiger charge is 2.19. The van der Waals surface area contributed by atoms with Crippen molar-refractivity contribution in [2.45, 2.75) is 0 Å². The summed E-state index contributed by atoms with van der Waals surface area (Å²) in [4.78, 5) is 14.9. The number of hydrogen-bond acceptors (Lipinski definition) is 5. The number of thiophene rings is 2. The molecule has 4 aromatic heterocycles. The van der Waals surface area contributed by atoms with Crippen molar-refractivity contribution in [1.82, 2.24) is 19.5 Å². The largest absolute Gasteiger partial charge is 0.308 e. The summed E-state index contributed by atoms with van der Waals surface area (Å²) < 4.78 is 7.65. The number of para-hydroxylation sites is 2. The Morgan fingerprint density at radius 2 is 0.863 bits per heavy atom. The Kier molecular flexibility index (Phi) is 6.26. The highest BCUT2D eigenvalue weighted by molar-refractivity contribution is 7.33. The van der Waals surface area contributed by atoms with Gasteiger partial charge in [0.2, 0.25) is 0 Å². The predicted molar refractivity (Wildman–Crippen MR) is 216 cm³/mol. The lowest BCUT2D eigenvalue weighted by Gasteiger charge is -2.09. The molecule has 0 fully saturated rings. The lowest BCUT2D eigenvalue weighted by molar-refractivity contribution is 1.07. The van der Waals surface area contributed by atoms with Gasteiger partial charge < -0.3 is 4.57 Å². The average molecular weight is 687 g/mol. The molecule has 7 aromatic carbocycles. The van der Waals surface area contributed by atoms with Gasteiger partial charge in [-0.25, -0.2) is 15.0 Å². The zero-order valence-corrected chi connectivity index (χ0v) is 28.7. The van der Waals surface area contributed by atoms with Crippen LogP contribution in [0.15, 0.2) is 158 Å². The molecule has 0 spiro atoms. The van der Waals surface area contributed by atoms with E-state index in [-0.39, 0.29) is 0 Å². The summed E-state index contributed by atoms with van der Waals surface area (Å²) in [6.45, 7) is 0. The quantitative estimate of drug-likeness (QED) is 0.185. The van der Waals surface area contributed by atoms with Gasteiger partial charge in [0, 0.05) is 53.7 Å². The van der Waals surface area contributed by atoms with Gasteiger partial charge in [0.1, 0.15) is 0 Å². The molecule has 11 aromatic rings. The molecule has 6 heteroatoms. The average Bonchev–Trinajstić information content (AvgIpc) is 3.88. The highest BCUT2D eigenvalue weighted by Crippen LogP contribution is 2.47. The van der Waals surface area contributed by atoms with E-state index < -0.39 is 0 Å². The van der Waals surface area contributed by atoms with E-state index in [1.807, 2.05) is 83.3 Å². The fourth-order valence-corrected chi connectivity index (χ4v) is 10.1. The van der Waals surface area contributed by atoms with Gasteiger partial charge >= 0.3 is 0 Å². The van der Waals surface area contributed by atoms with Crippen LogP contribution in [0.2, 0.25) is 0 Å². The molecule has 4 nitrogen and oxygen atoms in total. The number of aromatic nitrogens is 4. The van der Waals surface area contributed by atoms with E-state index in [9.17, 15) is 0 Å². The first kappa shape index (κ1) is 28.6. The summed E-state index contributed by atoms with van der Waals surface area (Å²) in [7, 11) is 0. The van der Waals surface area contributed by atoms with Gasteiger partial charge in [0.15, 0.2) is 17.5 Å². The molecular formula is C45H26N4S2. The summed E-state index contributed by atoms with van der Waals surface area (Å²) in [5, 5.41) is 7.63. The van der Waals surface area contributed by atoms with Crippen LogP contribution in [0.1, 0.15) is 0 Å². The van der Waals surface area contributed by atoms with Crippen molar-refractivity contribution in [3.63, 3.8) is 0 Å². The Morgan fingerprint density at radius 3 is 1.51 bits per heavy atom. The molecule has 238 valence electrons. The molecule has 0 aliphatic carbocycles. The predicted octanol–water partition coefficient (Wildman–Crippen LogP) is 12.7. The Bertz CT molecular complexity index is 3030. The van der Waals surface area contributed by atoms with Gasteiger partial charge in [0.05, 0.1) is 30.8 Å². The Balaban J connectivity index is 1.11. The second-order valence-corrected chi connectivity index (χ2v) is 14.9. The molecule has 0 amide bonds. The molecule has 0 atom stereocenters. The third kappa shape index (κ3) is 4.40. The van der Waals surface area contributed by atoms with Crippen LogP contribution in [0.4, 0.5) is 0 Å². The van der Waals surface area contributed by atoms with E-state index in [0.29, 0.717) is 17.5 Å². The standard InChI is InChI=1S/C45H26N4S2/c1-3-12-27(13-4-1)43-46-44(28-14-5-2-6-15-28)48-45(47-43)29-22-25-39-35(26-29)34-24-23-33-32-18-11-21-38(40(32)51-42(33)41(34)50-39)49-36-19-9-7-16-30(36)31-17-8-10-20-37(31)49/h1-26H. The Hall–Kier alpha value is -6.21.